The Labute approximate surface area is 176 Å². The van der Waals surface area contributed by atoms with E-state index in [9.17, 15) is 14.0 Å². The monoisotopic (exact) mass is 414 g/mol. The first-order valence-electron chi connectivity index (χ1n) is 10.2. The van der Waals surface area contributed by atoms with Gasteiger partial charge in [-0.1, -0.05) is 25.1 Å². The summed E-state index contributed by atoms with van der Waals surface area (Å²) in [6.07, 6.45) is 1.25. The molecule has 3 rings (SSSR count). The summed E-state index contributed by atoms with van der Waals surface area (Å²) >= 11 is 0. The molecule has 1 heterocycles. The number of benzene rings is 2. The van der Waals surface area contributed by atoms with Gasteiger partial charge in [0.25, 0.3) is 0 Å². The third kappa shape index (κ3) is 5.28. The number of halogens is 1. The second-order valence-corrected chi connectivity index (χ2v) is 7.15. The fourth-order valence-electron chi connectivity index (χ4n) is 3.49. The van der Waals surface area contributed by atoms with Gasteiger partial charge in [-0.15, -0.1) is 0 Å². The molecule has 0 radical (unpaired) electrons. The Hall–Kier alpha value is -3.09. The third-order valence-corrected chi connectivity index (χ3v) is 5.07. The van der Waals surface area contributed by atoms with Gasteiger partial charge in [0.15, 0.2) is 11.5 Å². The molecule has 1 N–H and O–H groups in total. The highest BCUT2D eigenvalue weighted by Gasteiger charge is 2.28. The molecular formula is C23H27FN2O4. The fraction of sp³-hybridized carbons (Fsp3) is 0.391. The van der Waals surface area contributed by atoms with Gasteiger partial charge in [-0.25, -0.2) is 4.39 Å². The molecule has 2 aromatic carbocycles. The van der Waals surface area contributed by atoms with Crippen LogP contribution in [0.15, 0.2) is 42.5 Å². The first-order valence-corrected chi connectivity index (χ1v) is 10.2. The lowest BCUT2D eigenvalue weighted by Gasteiger charge is -2.30. The molecule has 0 bridgehead atoms. The summed E-state index contributed by atoms with van der Waals surface area (Å²) < 4.78 is 24.0. The number of aryl methyl sites for hydroxylation is 1. The highest BCUT2D eigenvalue weighted by atomic mass is 19.1. The molecule has 2 amide bonds. The number of carbonyl (C=O) groups is 2. The van der Waals surface area contributed by atoms with Crippen LogP contribution in [0.3, 0.4) is 0 Å². The molecule has 0 spiro atoms. The van der Waals surface area contributed by atoms with Gasteiger partial charge in [0.05, 0.1) is 0 Å². The smallest absolute Gasteiger partial charge is 0.242 e. The zero-order valence-electron chi connectivity index (χ0n) is 17.3. The molecule has 6 nitrogen and oxygen atoms in total. The zero-order valence-corrected chi connectivity index (χ0v) is 17.3. The lowest BCUT2D eigenvalue weighted by molar-refractivity contribution is -0.141. The molecule has 0 saturated heterocycles. The number of nitrogens with zero attached hydrogens (tertiary/aromatic N) is 1. The van der Waals surface area contributed by atoms with E-state index in [-0.39, 0.29) is 37.4 Å². The molecule has 0 aliphatic carbocycles. The number of carbonyl (C=O) groups excluding carboxylic acids is 2. The van der Waals surface area contributed by atoms with Crippen LogP contribution in [0.4, 0.5) is 4.39 Å². The minimum absolute atomic E-state index is 0.130. The van der Waals surface area contributed by atoms with Gasteiger partial charge in [-0.05, 0) is 55.2 Å². The number of hydrogen-bond acceptors (Lipinski definition) is 4. The van der Waals surface area contributed by atoms with E-state index in [0.29, 0.717) is 30.9 Å². The minimum Gasteiger partial charge on any atom is -0.454 e. The van der Waals surface area contributed by atoms with Crippen molar-refractivity contribution in [3.63, 3.8) is 0 Å². The van der Waals surface area contributed by atoms with Crippen LogP contribution in [0.5, 0.6) is 11.5 Å². The van der Waals surface area contributed by atoms with Crippen molar-refractivity contribution in [3.05, 3.63) is 59.4 Å². The van der Waals surface area contributed by atoms with Crippen molar-refractivity contribution in [2.45, 2.75) is 45.7 Å². The predicted molar refractivity (Wildman–Crippen MR) is 111 cm³/mol. The Morgan fingerprint density at radius 2 is 1.77 bits per heavy atom. The topological polar surface area (TPSA) is 67.9 Å². The first-order chi connectivity index (χ1) is 14.5. The number of hydrogen-bond donors (Lipinski definition) is 1. The van der Waals surface area contributed by atoms with Crippen LogP contribution in [0.25, 0.3) is 0 Å². The summed E-state index contributed by atoms with van der Waals surface area (Å²) in [7, 11) is 0. The summed E-state index contributed by atoms with van der Waals surface area (Å²) in [4.78, 5) is 27.3. The van der Waals surface area contributed by atoms with Crippen LogP contribution >= 0.6 is 0 Å². The van der Waals surface area contributed by atoms with Crippen molar-refractivity contribution in [2.75, 3.05) is 13.3 Å². The molecule has 7 heteroatoms. The van der Waals surface area contributed by atoms with Crippen molar-refractivity contribution in [1.82, 2.24) is 10.2 Å². The van der Waals surface area contributed by atoms with Crippen LogP contribution in [-0.2, 0) is 22.6 Å². The van der Waals surface area contributed by atoms with Crippen molar-refractivity contribution in [2.24, 2.45) is 0 Å². The lowest BCUT2D eigenvalue weighted by Crippen LogP contribution is -2.49. The van der Waals surface area contributed by atoms with Gasteiger partial charge in [0.1, 0.15) is 11.9 Å². The number of amides is 2. The zero-order chi connectivity index (χ0) is 21.5. The van der Waals surface area contributed by atoms with Crippen LogP contribution in [0, 0.1) is 5.82 Å². The van der Waals surface area contributed by atoms with Crippen molar-refractivity contribution < 1.29 is 23.5 Å². The van der Waals surface area contributed by atoms with Gasteiger partial charge >= 0.3 is 0 Å². The summed E-state index contributed by atoms with van der Waals surface area (Å²) in [5, 5.41) is 2.81. The summed E-state index contributed by atoms with van der Waals surface area (Å²) in [6.45, 7) is 4.66. The van der Waals surface area contributed by atoms with E-state index in [1.807, 2.05) is 32.0 Å². The molecule has 30 heavy (non-hydrogen) atoms. The van der Waals surface area contributed by atoms with E-state index in [2.05, 4.69) is 5.32 Å². The number of rotatable bonds is 9. The highest BCUT2D eigenvalue weighted by Crippen LogP contribution is 2.32. The Morgan fingerprint density at radius 3 is 2.47 bits per heavy atom. The molecule has 0 fully saturated rings. The fourth-order valence-corrected chi connectivity index (χ4v) is 3.49. The van der Waals surface area contributed by atoms with Crippen LogP contribution in [-0.4, -0.2) is 36.1 Å². The highest BCUT2D eigenvalue weighted by molar-refractivity contribution is 5.87. The van der Waals surface area contributed by atoms with E-state index in [0.717, 1.165) is 11.1 Å². The van der Waals surface area contributed by atoms with E-state index in [1.54, 1.807) is 17.0 Å². The Balaban J connectivity index is 1.74. The molecule has 0 aromatic heterocycles. The number of likely N-dealkylation sites (N-methyl/N-ethyl adjacent to an activating group) is 1. The van der Waals surface area contributed by atoms with Crippen molar-refractivity contribution >= 4 is 11.8 Å². The van der Waals surface area contributed by atoms with Crippen LogP contribution in [0.2, 0.25) is 0 Å². The maximum Gasteiger partial charge on any atom is 0.242 e. The quantitative estimate of drug-likeness (QED) is 0.683. The predicted octanol–water partition coefficient (Wildman–Crippen LogP) is 3.43. The molecule has 160 valence electrons. The Kier molecular flexibility index (Phi) is 7.27. The number of fused-ring (bicyclic) bond motifs is 1. The van der Waals surface area contributed by atoms with E-state index < -0.39 is 6.04 Å². The number of nitrogens with one attached hydrogen (secondary N) is 1. The van der Waals surface area contributed by atoms with Gasteiger partial charge in [0, 0.05) is 19.5 Å². The lowest BCUT2D eigenvalue weighted by atomic mass is 10.1. The van der Waals surface area contributed by atoms with Crippen molar-refractivity contribution in [1.29, 1.82) is 0 Å². The van der Waals surface area contributed by atoms with Crippen LogP contribution < -0.4 is 14.8 Å². The molecule has 0 saturated carbocycles. The minimum atomic E-state index is -0.584. The molecule has 1 aliphatic heterocycles. The summed E-state index contributed by atoms with van der Waals surface area (Å²) in [5.41, 5.74) is 1.73. The standard InChI is InChI=1S/C23H27FN2O4/c1-3-19(23(28)25-4-2)26(14-17-5-9-18(24)10-6-17)22(27)12-8-16-7-11-20-21(13-16)30-15-29-20/h5-7,9-11,13,19H,3-4,8,12,14-15H2,1-2H3,(H,25,28)/t19-/m1/s1. The Morgan fingerprint density at radius 1 is 1.07 bits per heavy atom. The van der Waals surface area contributed by atoms with Gasteiger partial charge in [-0.2, -0.15) is 0 Å². The first kappa shape index (κ1) is 21.6. The largest absolute Gasteiger partial charge is 0.454 e. The summed E-state index contributed by atoms with van der Waals surface area (Å²) in [6, 6.07) is 11.0. The van der Waals surface area contributed by atoms with Crippen LogP contribution in [0.1, 0.15) is 37.8 Å². The van der Waals surface area contributed by atoms with Crippen molar-refractivity contribution in [3.8, 4) is 11.5 Å². The average Bonchev–Trinajstić information content (AvgIpc) is 3.21. The second-order valence-electron chi connectivity index (χ2n) is 7.15. The Bertz CT molecular complexity index is 885. The average molecular weight is 414 g/mol. The molecule has 1 aliphatic rings. The summed E-state index contributed by atoms with van der Waals surface area (Å²) in [5.74, 6) is 0.728. The molecule has 0 unspecified atom stereocenters. The van der Waals surface area contributed by atoms with E-state index >= 15 is 0 Å². The third-order valence-electron chi connectivity index (χ3n) is 5.07. The number of ether oxygens (including phenoxy) is 2. The van der Waals surface area contributed by atoms with Gasteiger partial charge < -0.3 is 19.7 Å². The van der Waals surface area contributed by atoms with E-state index in [4.69, 9.17) is 9.47 Å². The molecule has 1 atom stereocenters. The molecular weight excluding hydrogens is 387 g/mol. The maximum atomic E-state index is 13.3. The van der Waals surface area contributed by atoms with Gasteiger partial charge in [-0.3, -0.25) is 9.59 Å². The molecule has 2 aromatic rings. The normalized spacial score (nSPS) is 13.0. The SMILES string of the molecule is CCNC(=O)[C@@H](CC)N(Cc1ccc(F)cc1)C(=O)CCc1ccc2c(c1)OCO2. The maximum absolute atomic E-state index is 13.3. The van der Waals surface area contributed by atoms with Gasteiger partial charge in [0.2, 0.25) is 18.6 Å². The second kappa shape index (κ2) is 10.1. The van der Waals surface area contributed by atoms with E-state index in [1.165, 1.54) is 12.1 Å².